The van der Waals surface area contributed by atoms with E-state index in [-0.39, 0.29) is 0 Å². The molecule has 0 saturated heterocycles. The molecule has 0 bridgehead atoms. The molecular formula is C18H22N2. The number of benzene rings is 2. The van der Waals surface area contributed by atoms with Crippen molar-refractivity contribution in [1.29, 1.82) is 0 Å². The zero-order valence-corrected chi connectivity index (χ0v) is 12.5. The van der Waals surface area contributed by atoms with Crippen LogP contribution in [0.3, 0.4) is 0 Å². The van der Waals surface area contributed by atoms with Gasteiger partial charge in [0.05, 0.1) is 0 Å². The van der Waals surface area contributed by atoms with Gasteiger partial charge in [-0.1, -0.05) is 36.4 Å². The van der Waals surface area contributed by atoms with Gasteiger partial charge in [0.15, 0.2) is 0 Å². The summed E-state index contributed by atoms with van der Waals surface area (Å²) < 4.78 is 2.49. The van der Waals surface area contributed by atoms with Crippen LogP contribution in [0.5, 0.6) is 0 Å². The highest BCUT2D eigenvalue weighted by atomic mass is 15.1. The predicted molar refractivity (Wildman–Crippen MR) is 87.3 cm³/mol. The van der Waals surface area contributed by atoms with E-state index in [0.29, 0.717) is 6.04 Å². The zero-order chi connectivity index (χ0) is 14.1. The van der Waals surface area contributed by atoms with Crippen molar-refractivity contribution in [2.24, 2.45) is 0 Å². The predicted octanol–water partition coefficient (Wildman–Crippen LogP) is 4.31. The minimum absolute atomic E-state index is 0.502. The summed E-state index contributed by atoms with van der Waals surface area (Å²) in [5, 5.41) is 2.72. The van der Waals surface area contributed by atoms with Crippen LogP contribution in [0.4, 0.5) is 0 Å². The molecule has 2 nitrogen and oxygen atoms in total. The largest absolute Gasteiger partial charge is 0.338 e. The third-order valence-corrected chi connectivity index (χ3v) is 4.05. The fourth-order valence-corrected chi connectivity index (χ4v) is 3.00. The Balaban J connectivity index is 2.16. The van der Waals surface area contributed by atoms with Gasteiger partial charge < -0.3 is 9.47 Å². The van der Waals surface area contributed by atoms with E-state index in [1.165, 1.54) is 21.8 Å². The van der Waals surface area contributed by atoms with Crippen molar-refractivity contribution in [3.8, 4) is 0 Å². The molecule has 2 heteroatoms. The topological polar surface area (TPSA) is 8.17 Å². The second-order valence-electron chi connectivity index (χ2n) is 5.85. The van der Waals surface area contributed by atoms with E-state index in [2.05, 4.69) is 79.0 Å². The first-order chi connectivity index (χ1) is 9.68. The van der Waals surface area contributed by atoms with Gasteiger partial charge in [-0.25, -0.2) is 0 Å². The van der Waals surface area contributed by atoms with Crippen molar-refractivity contribution in [2.75, 3.05) is 20.6 Å². The molecule has 0 fully saturated rings. The normalized spacial score (nSPS) is 13.4. The third kappa shape index (κ3) is 2.20. The van der Waals surface area contributed by atoms with Gasteiger partial charge in [0, 0.05) is 27.8 Å². The Labute approximate surface area is 120 Å². The van der Waals surface area contributed by atoms with Crippen molar-refractivity contribution in [2.45, 2.75) is 19.4 Å². The highest BCUT2D eigenvalue weighted by molar-refractivity contribution is 6.08. The monoisotopic (exact) mass is 266 g/mol. The van der Waals surface area contributed by atoms with Crippen LogP contribution in [0.2, 0.25) is 0 Å². The SMILES string of the molecule is CC(CCN(C)C)n1c2ccccc2c2ccccc21. The van der Waals surface area contributed by atoms with Crippen LogP contribution in [-0.4, -0.2) is 30.1 Å². The van der Waals surface area contributed by atoms with Crippen LogP contribution >= 0.6 is 0 Å². The average Bonchev–Trinajstić information content (AvgIpc) is 2.79. The molecule has 20 heavy (non-hydrogen) atoms. The van der Waals surface area contributed by atoms with Gasteiger partial charge in [0.25, 0.3) is 0 Å². The van der Waals surface area contributed by atoms with Crippen LogP contribution in [0, 0.1) is 0 Å². The zero-order valence-electron chi connectivity index (χ0n) is 12.5. The molecule has 2 aromatic carbocycles. The van der Waals surface area contributed by atoms with E-state index in [4.69, 9.17) is 0 Å². The molecule has 0 amide bonds. The number of fused-ring (bicyclic) bond motifs is 3. The van der Waals surface area contributed by atoms with Crippen molar-refractivity contribution in [3.05, 3.63) is 48.5 Å². The second-order valence-corrected chi connectivity index (χ2v) is 5.85. The quantitative estimate of drug-likeness (QED) is 0.683. The van der Waals surface area contributed by atoms with Gasteiger partial charge in [-0.15, -0.1) is 0 Å². The molecule has 1 aromatic heterocycles. The Morgan fingerprint density at radius 3 is 1.90 bits per heavy atom. The molecule has 0 aliphatic heterocycles. The van der Waals surface area contributed by atoms with Gasteiger partial charge in [-0.05, 0) is 46.1 Å². The lowest BCUT2D eigenvalue weighted by molar-refractivity contribution is 0.363. The van der Waals surface area contributed by atoms with Crippen LogP contribution in [0.15, 0.2) is 48.5 Å². The summed E-state index contributed by atoms with van der Waals surface area (Å²) in [5.74, 6) is 0. The number of hydrogen-bond donors (Lipinski definition) is 0. The Kier molecular flexibility index (Phi) is 3.49. The van der Waals surface area contributed by atoms with Crippen molar-refractivity contribution >= 4 is 21.8 Å². The van der Waals surface area contributed by atoms with Crippen molar-refractivity contribution in [3.63, 3.8) is 0 Å². The van der Waals surface area contributed by atoms with Gasteiger partial charge in [0.1, 0.15) is 0 Å². The molecule has 1 unspecified atom stereocenters. The molecule has 3 rings (SSSR count). The molecule has 1 heterocycles. The average molecular weight is 266 g/mol. The second kappa shape index (κ2) is 5.29. The minimum atomic E-state index is 0.502. The Bertz CT molecular complexity index is 671. The van der Waals surface area contributed by atoms with E-state index >= 15 is 0 Å². The van der Waals surface area contributed by atoms with Crippen molar-refractivity contribution in [1.82, 2.24) is 9.47 Å². The van der Waals surface area contributed by atoms with Gasteiger partial charge in [-0.3, -0.25) is 0 Å². The van der Waals surface area contributed by atoms with Gasteiger partial charge in [-0.2, -0.15) is 0 Å². The molecule has 3 aromatic rings. The third-order valence-electron chi connectivity index (χ3n) is 4.05. The Hall–Kier alpha value is -1.80. The van der Waals surface area contributed by atoms with Crippen LogP contribution in [-0.2, 0) is 0 Å². The molecule has 0 spiro atoms. The Morgan fingerprint density at radius 2 is 1.40 bits per heavy atom. The summed E-state index contributed by atoms with van der Waals surface area (Å²) in [6, 6.07) is 18.0. The summed E-state index contributed by atoms with van der Waals surface area (Å²) in [4.78, 5) is 2.25. The van der Waals surface area contributed by atoms with E-state index in [0.717, 1.165) is 13.0 Å². The summed E-state index contributed by atoms with van der Waals surface area (Å²) >= 11 is 0. The minimum Gasteiger partial charge on any atom is -0.338 e. The first kappa shape index (κ1) is 13.2. The van der Waals surface area contributed by atoms with Gasteiger partial charge >= 0.3 is 0 Å². The highest BCUT2D eigenvalue weighted by Crippen LogP contribution is 2.32. The standard InChI is InChI=1S/C18H22N2/c1-14(12-13-19(2)3)20-17-10-6-4-8-15(17)16-9-5-7-11-18(16)20/h4-11,14H,12-13H2,1-3H3. The van der Waals surface area contributed by atoms with Crippen molar-refractivity contribution < 1.29 is 0 Å². The molecule has 104 valence electrons. The molecule has 0 radical (unpaired) electrons. The van der Waals surface area contributed by atoms with Crippen LogP contribution in [0.1, 0.15) is 19.4 Å². The van der Waals surface area contributed by atoms with Crippen LogP contribution in [0.25, 0.3) is 21.8 Å². The smallest absolute Gasteiger partial charge is 0.0493 e. The number of para-hydroxylation sites is 2. The van der Waals surface area contributed by atoms with Gasteiger partial charge in [0.2, 0.25) is 0 Å². The molecule has 0 saturated carbocycles. The lowest BCUT2D eigenvalue weighted by atomic mass is 10.2. The Morgan fingerprint density at radius 1 is 0.900 bits per heavy atom. The molecule has 0 aliphatic rings. The fraction of sp³-hybridized carbons (Fsp3) is 0.333. The summed E-state index contributed by atoms with van der Waals surface area (Å²) in [6.45, 7) is 3.43. The first-order valence-electron chi connectivity index (χ1n) is 7.31. The molecule has 0 N–H and O–H groups in total. The first-order valence-corrected chi connectivity index (χ1v) is 7.31. The number of nitrogens with zero attached hydrogens (tertiary/aromatic N) is 2. The van der Waals surface area contributed by atoms with E-state index in [1.54, 1.807) is 0 Å². The van der Waals surface area contributed by atoms with E-state index in [1.807, 2.05) is 0 Å². The summed E-state index contributed by atoms with van der Waals surface area (Å²) in [6.07, 6.45) is 1.16. The highest BCUT2D eigenvalue weighted by Gasteiger charge is 2.14. The number of hydrogen-bond acceptors (Lipinski definition) is 1. The van der Waals surface area contributed by atoms with E-state index in [9.17, 15) is 0 Å². The lowest BCUT2D eigenvalue weighted by Crippen LogP contribution is -2.17. The maximum absolute atomic E-state index is 2.49. The number of aromatic nitrogens is 1. The maximum Gasteiger partial charge on any atom is 0.0493 e. The lowest BCUT2D eigenvalue weighted by Gasteiger charge is -2.19. The van der Waals surface area contributed by atoms with E-state index < -0.39 is 0 Å². The molecule has 0 aliphatic carbocycles. The fourth-order valence-electron chi connectivity index (χ4n) is 3.00. The summed E-state index contributed by atoms with van der Waals surface area (Å²) in [7, 11) is 4.27. The molecular weight excluding hydrogens is 244 g/mol. The number of rotatable bonds is 4. The summed E-state index contributed by atoms with van der Waals surface area (Å²) in [5.41, 5.74) is 2.69. The maximum atomic E-state index is 2.49. The van der Waals surface area contributed by atoms with Crippen LogP contribution < -0.4 is 0 Å². The molecule has 1 atom stereocenters.